The molecule has 2 aromatic rings. The molecule has 0 amide bonds. The Morgan fingerprint density at radius 3 is 2.28 bits per heavy atom. The molecule has 0 N–H and O–H groups in total. The van der Waals surface area contributed by atoms with Crippen LogP contribution in [0.4, 0.5) is 0 Å². The molecule has 0 atom stereocenters. The van der Waals surface area contributed by atoms with E-state index < -0.39 is 0 Å². The molecule has 0 unspecified atom stereocenters. The van der Waals surface area contributed by atoms with Gasteiger partial charge in [0.25, 0.3) is 0 Å². The van der Waals surface area contributed by atoms with Crippen molar-refractivity contribution in [3.05, 3.63) is 59.7 Å². The van der Waals surface area contributed by atoms with Crippen LogP contribution in [-0.4, -0.2) is 0 Å². The topological polar surface area (TPSA) is 0 Å². The Hall–Kier alpha value is -1.56. The van der Waals surface area contributed by atoms with Crippen LogP contribution in [0.25, 0.3) is 11.1 Å². The van der Waals surface area contributed by atoms with Gasteiger partial charge in [-0.25, -0.2) is 0 Å². The van der Waals surface area contributed by atoms with E-state index in [0.717, 1.165) is 12.8 Å². The molecular formula is C18H21. The van der Waals surface area contributed by atoms with Gasteiger partial charge in [0.05, 0.1) is 0 Å². The molecule has 2 rings (SSSR count). The van der Waals surface area contributed by atoms with E-state index in [1.807, 2.05) is 6.07 Å². The van der Waals surface area contributed by atoms with Crippen molar-refractivity contribution in [2.75, 3.05) is 0 Å². The standard InChI is InChI=1S/C18H21/c1-3-9-15-11-5-7-13-17(15)18-14-8-6-12-16(18)10-4-2/h5,7-8,11-14H,3-4,9-10H2,1-2H3. The molecule has 0 saturated heterocycles. The largest absolute Gasteiger partial charge is 0.0651 e. The summed E-state index contributed by atoms with van der Waals surface area (Å²) >= 11 is 0. The number of rotatable bonds is 5. The first-order valence-electron chi connectivity index (χ1n) is 6.94. The summed E-state index contributed by atoms with van der Waals surface area (Å²) in [5, 5.41) is 0. The molecule has 0 spiro atoms. The minimum absolute atomic E-state index is 1.13. The third-order valence-electron chi connectivity index (χ3n) is 3.30. The molecule has 0 bridgehead atoms. The molecule has 18 heavy (non-hydrogen) atoms. The van der Waals surface area contributed by atoms with Crippen LogP contribution in [0.1, 0.15) is 37.8 Å². The Morgan fingerprint density at radius 1 is 0.833 bits per heavy atom. The van der Waals surface area contributed by atoms with Gasteiger partial charge in [0.15, 0.2) is 0 Å². The minimum atomic E-state index is 1.13. The van der Waals surface area contributed by atoms with E-state index in [9.17, 15) is 0 Å². The number of hydrogen-bond acceptors (Lipinski definition) is 0. The van der Waals surface area contributed by atoms with E-state index >= 15 is 0 Å². The first kappa shape index (κ1) is 12.9. The van der Waals surface area contributed by atoms with Crippen LogP contribution < -0.4 is 0 Å². The highest BCUT2D eigenvalue weighted by molar-refractivity contribution is 5.70. The average Bonchev–Trinajstić information content (AvgIpc) is 2.41. The highest BCUT2D eigenvalue weighted by atomic mass is 14.1. The van der Waals surface area contributed by atoms with Crippen molar-refractivity contribution in [2.45, 2.75) is 39.5 Å². The van der Waals surface area contributed by atoms with Gasteiger partial charge in [-0.2, -0.15) is 0 Å². The number of hydrogen-bond donors (Lipinski definition) is 0. The predicted molar refractivity (Wildman–Crippen MR) is 78.7 cm³/mol. The third kappa shape index (κ3) is 2.81. The van der Waals surface area contributed by atoms with Gasteiger partial charge in [-0.1, -0.05) is 69.2 Å². The van der Waals surface area contributed by atoms with E-state index in [1.165, 1.54) is 35.1 Å². The number of aryl methyl sites for hydroxylation is 2. The lowest BCUT2D eigenvalue weighted by molar-refractivity contribution is 0.913. The zero-order chi connectivity index (χ0) is 12.8. The van der Waals surface area contributed by atoms with Crippen molar-refractivity contribution < 1.29 is 0 Å². The van der Waals surface area contributed by atoms with Crippen molar-refractivity contribution in [2.24, 2.45) is 0 Å². The summed E-state index contributed by atoms with van der Waals surface area (Å²) in [6, 6.07) is 18.4. The van der Waals surface area contributed by atoms with Gasteiger partial charge >= 0.3 is 0 Å². The first-order valence-corrected chi connectivity index (χ1v) is 6.94. The fourth-order valence-electron chi connectivity index (χ4n) is 2.47. The minimum Gasteiger partial charge on any atom is -0.0651 e. The SMILES string of the molecule is CCCc1c[c]ccc1-c1ccccc1CCC. The maximum absolute atomic E-state index is 3.21. The van der Waals surface area contributed by atoms with Gasteiger partial charge in [-0.05, 0) is 41.2 Å². The second-order valence-electron chi connectivity index (χ2n) is 4.74. The normalized spacial score (nSPS) is 10.6. The van der Waals surface area contributed by atoms with Crippen LogP contribution in [0.15, 0.2) is 42.5 Å². The van der Waals surface area contributed by atoms with Gasteiger partial charge in [-0.3, -0.25) is 0 Å². The summed E-state index contributed by atoms with van der Waals surface area (Å²) in [7, 11) is 0. The molecular weight excluding hydrogens is 216 g/mol. The van der Waals surface area contributed by atoms with E-state index in [2.05, 4.69) is 56.3 Å². The van der Waals surface area contributed by atoms with E-state index in [-0.39, 0.29) is 0 Å². The molecule has 0 aromatic heterocycles. The van der Waals surface area contributed by atoms with E-state index in [0.29, 0.717) is 0 Å². The van der Waals surface area contributed by atoms with Gasteiger partial charge < -0.3 is 0 Å². The quantitative estimate of drug-likeness (QED) is 0.682. The molecule has 1 radical (unpaired) electrons. The molecule has 2 aromatic carbocycles. The van der Waals surface area contributed by atoms with Crippen molar-refractivity contribution in [3.63, 3.8) is 0 Å². The Balaban J connectivity index is 2.47. The maximum atomic E-state index is 3.21. The summed E-state index contributed by atoms with van der Waals surface area (Å²) in [5.41, 5.74) is 5.67. The summed E-state index contributed by atoms with van der Waals surface area (Å²) in [6.45, 7) is 4.47. The van der Waals surface area contributed by atoms with Gasteiger partial charge in [-0.15, -0.1) is 0 Å². The molecule has 0 fully saturated rings. The summed E-state index contributed by atoms with van der Waals surface area (Å²) in [6.07, 6.45) is 4.66. The highest BCUT2D eigenvalue weighted by Gasteiger charge is 2.07. The molecule has 0 aliphatic rings. The molecule has 93 valence electrons. The van der Waals surface area contributed by atoms with Crippen molar-refractivity contribution >= 4 is 0 Å². The average molecular weight is 237 g/mol. The van der Waals surface area contributed by atoms with Crippen LogP contribution in [0.5, 0.6) is 0 Å². The third-order valence-corrected chi connectivity index (χ3v) is 3.30. The van der Waals surface area contributed by atoms with Crippen LogP contribution in [0, 0.1) is 6.07 Å². The Bertz CT molecular complexity index is 449. The monoisotopic (exact) mass is 237 g/mol. The smallest absolute Gasteiger partial charge is 0.0149 e. The van der Waals surface area contributed by atoms with Crippen LogP contribution in [-0.2, 0) is 12.8 Å². The summed E-state index contributed by atoms with van der Waals surface area (Å²) in [4.78, 5) is 0. The summed E-state index contributed by atoms with van der Waals surface area (Å²) < 4.78 is 0. The molecule has 0 saturated carbocycles. The van der Waals surface area contributed by atoms with E-state index in [4.69, 9.17) is 0 Å². The molecule has 0 aliphatic carbocycles. The fraction of sp³-hybridized carbons (Fsp3) is 0.333. The second kappa shape index (κ2) is 6.39. The molecule has 0 heterocycles. The Kier molecular flexibility index (Phi) is 4.58. The van der Waals surface area contributed by atoms with Crippen LogP contribution in [0.2, 0.25) is 0 Å². The number of benzene rings is 2. The van der Waals surface area contributed by atoms with Gasteiger partial charge in [0, 0.05) is 0 Å². The molecule has 0 nitrogen and oxygen atoms in total. The van der Waals surface area contributed by atoms with Crippen molar-refractivity contribution in [1.82, 2.24) is 0 Å². The fourth-order valence-corrected chi connectivity index (χ4v) is 2.47. The zero-order valence-corrected chi connectivity index (χ0v) is 11.4. The molecule has 0 heteroatoms. The van der Waals surface area contributed by atoms with Crippen molar-refractivity contribution in [3.8, 4) is 11.1 Å². The van der Waals surface area contributed by atoms with Crippen LogP contribution in [0.3, 0.4) is 0 Å². The van der Waals surface area contributed by atoms with E-state index in [1.54, 1.807) is 0 Å². The lowest BCUT2D eigenvalue weighted by Gasteiger charge is -2.13. The van der Waals surface area contributed by atoms with Gasteiger partial charge in [0.1, 0.15) is 0 Å². The lowest BCUT2D eigenvalue weighted by atomic mass is 9.92. The first-order chi connectivity index (χ1) is 8.86. The highest BCUT2D eigenvalue weighted by Crippen LogP contribution is 2.28. The second-order valence-corrected chi connectivity index (χ2v) is 4.74. The Labute approximate surface area is 111 Å². The van der Waals surface area contributed by atoms with Gasteiger partial charge in [0.2, 0.25) is 0 Å². The van der Waals surface area contributed by atoms with Crippen molar-refractivity contribution in [1.29, 1.82) is 0 Å². The predicted octanol–water partition coefficient (Wildman–Crippen LogP) is 5.06. The summed E-state index contributed by atoms with van der Waals surface area (Å²) in [5.74, 6) is 0. The Morgan fingerprint density at radius 2 is 1.50 bits per heavy atom. The van der Waals surface area contributed by atoms with Crippen LogP contribution >= 0.6 is 0 Å². The molecule has 0 aliphatic heterocycles. The lowest BCUT2D eigenvalue weighted by Crippen LogP contribution is -1.94. The zero-order valence-electron chi connectivity index (χ0n) is 11.4. The maximum Gasteiger partial charge on any atom is -0.0149 e.